The van der Waals surface area contributed by atoms with Crippen LogP contribution in [0.1, 0.15) is 43.3 Å². The molecule has 142 valence electrons. The number of thiazole rings is 1. The third kappa shape index (κ3) is 3.90. The quantitative estimate of drug-likeness (QED) is 0.778. The highest BCUT2D eigenvalue weighted by atomic mass is 32.2. The summed E-state index contributed by atoms with van der Waals surface area (Å²) in [5.41, 5.74) is 0.775. The van der Waals surface area contributed by atoms with Crippen molar-refractivity contribution in [2.75, 3.05) is 25.0 Å². The fourth-order valence-electron chi connectivity index (χ4n) is 3.24. The Labute approximate surface area is 159 Å². The van der Waals surface area contributed by atoms with E-state index >= 15 is 0 Å². The van der Waals surface area contributed by atoms with Crippen LogP contribution in [0, 0.1) is 6.92 Å². The minimum absolute atomic E-state index is 0.222. The van der Waals surface area contributed by atoms with Gasteiger partial charge in [0.25, 0.3) is 10.2 Å². The summed E-state index contributed by atoms with van der Waals surface area (Å²) in [7, 11) is -3.47. The predicted octanol–water partition coefficient (Wildman–Crippen LogP) is 3.31. The minimum Gasteiger partial charge on any atom is -0.316 e. The Hall–Kier alpha value is -1.55. The normalized spacial score (nSPS) is 18.5. The third-order valence-electron chi connectivity index (χ3n) is 4.50. The van der Waals surface area contributed by atoms with Crippen LogP contribution in [0.3, 0.4) is 0 Å². The number of nitrogens with one attached hydrogen (secondary N) is 1. The second-order valence-electron chi connectivity index (χ2n) is 6.21. The van der Waals surface area contributed by atoms with Crippen LogP contribution in [0.4, 0.5) is 10.9 Å². The number of rotatable bonds is 7. The molecule has 2 aromatic rings. The zero-order valence-electron chi connectivity index (χ0n) is 15.3. The Kier molecular flexibility index (Phi) is 5.91. The number of hydrogen-bond donors (Lipinski definition) is 1. The SMILES string of the molecule is CCN(CC)S(=O)(=O)N1CCC[C@H]1c1cccc(Nc2ncc(C)s2)n1. The summed E-state index contributed by atoms with van der Waals surface area (Å²) in [5.74, 6) is 0.684. The summed E-state index contributed by atoms with van der Waals surface area (Å²) in [5, 5.41) is 3.99. The Morgan fingerprint density at radius 2 is 2.12 bits per heavy atom. The second kappa shape index (κ2) is 7.99. The fourth-order valence-corrected chi connectivity index (χ4v) is 5.75. The highest BCUT2D eigenvalue weighted by molar-refractivity contribution is 7.86. The van der Waals surface area contributed by atoms with Crippen molar-refractivity contribution in [1.29, 1.82) is 0 Å². The van der Waals surface area contributed by atoms with Crippen molar-refractivity contribution in [2.24, 2.45) is 0 Å². The van der Waals surface area contributed by atoms with Crippen molar-refractivity contribution in [1.82, 2.24) is 18.6 Å². The first-order valence-corrected chi connectivity index (χ1v) is 11.1. The first-order valence-electron chi connectivity index (χ1n) is 8.89. The zero-order valence-corrected chi connectivity index (χ0v) is 17.0. The second-order valence-corrected chi connectivity index (χ2v) is 9.33. The predicted molar refractivity (Wildman–Crippen MR) is 105 cm³/mol. The molecule has 0 aromatic carbocycles. The highest BCUT2D eigenvalue weighted by Crippen LogP contribution is 2.35. The van der Waals surface area contributed by atoms with E-state index in [0.29, 0.717) is 25.5 Å². The first kappa shape index (κ1) is 19.2. The van der Waals surface area contributed by atoms with Gasteiger partial charge in [-0.3, -0.25) is 0 Å². The van der Waals surface area contributed by atoms with Crippen molar-refractivity contribution >= 4 is 32.5 Å². The van der Waals surface area contributed by atoms with E-state index in [2.05, 4.69) is 15.3 Å². The van der Waals surface area contributed by atoms with Crippen molar-refractivity contribution in [3.63, 3.8) is 0 Å². The number of hydrogen-bond acceptors (Lipinski definition) is 6. The zero-order chi connectivity index (χ0) is 18.7. The number of aryl methyl sites for hydroxylation is 1. The van der Waals surface area contributed by atoms with Gasteiger partial charge in [-0.25, -0.2) is 9.97 Å². The van der Waals surface area contributed by atoms with Crippen molar-refractivity contribution in [2.45, 2.75) is 39.7 Å². The number of aromatic nitrogens is 2. The van der Waals surface area contributed by atoms with Gasteiger partial charge < -0.3 is 5.32 Å². The molecule has 1 aliphatic heterocycles. The lowest BCUT2D eigenvalue weighted by Gasteiger charge is -2.29. The van der Waals surface area contributed by atoms with Crippen molar-refractivity contribution in [3.05, 3.63) is 35.0 Å². The van der Waals surface area contributed by atoms with Crippen LogP contribution < -0.4 is 5.32 Å². The molecule has 7 nitrogen and oxygen atoms in total. The van der Waals surface area contributed by atoms with E-state index in [4.69, 9.17) is 0 Å². The molecule has 26 heavy (non-hydrogen) atoms. The summed E-state index contributed by atoms with van der Waals surface area (Å²) in [6.45, 7) is 7.21. The van der Waals surface area contributed by atoms with E-state index in [9.17, 15) is 8.42 Å². The lowest BCUT2D eigenvalue weighted by molar-refractivity contribution is 0.335. The van der Waals surface area contributed by atoms with E-state index in [1.54, 1.807) is 15.6 Å². The maximum absolute atomic E-state index is 13.0. The van der Waals surface area contributed by atoms with E-state index < -0.39 is 10.2 Å². The third-order valence-corrected chi connectivity index (χ3v) is 7.53. The maximum Gasteiger partial charge on any atom is 0.282 e. The first-order chi connectivity index (χ1) is 12.5. The van der Waals surface area contributed by atoms with Crippen LogP contribution >= 0.6 is 11.3 Å². The van der Waals surface area contributed by atoms with Gasteiger partial charge in [-0.1, -0.05) is 19.9 Å². The molecule has 0 spiro atoms. The average Bonchev–Trinajstić information content (AvgIpc) is 3.25. The van der Waals surface area contributed by atoms with Crippen LogP contribution in [0.2, 0.25) is 0 Å². The molecule has 1 N–H and O–H groups in total. The molecule has 3 rings (SSSR count). The molecular weight excluding hydrogens is 370 g/mol. The molecule has 1 fully saturated rings. The van der Waals surface area contributed by atoms with E-state index in [1.807, 2.05) is 45.2 Å². The lowest BCUT2D eigenvalue weighted by atomic mass is 10.1. The van der Waals surface area contributed by atoms with Crippen molar-refractivity contribution < 1.29 is 8.42 Å². The molecule has 9 heteroatoms. The molecule has 2 aromatic heterocycles. The van der Waals surface area contributed by atoms with Gasteiger partial charge in [-0.2, -0.15) is 17.0 Å². The molecule has 0 unspecified atom stereocenters. The summed E-state index contributed by atoms with van der Waals surface area (Å²) in [4.78, 5) is 10.1. The van der Waals surface area contributed by atoms with Gasteiger partial charge in [0.15, 0.2) is 5.13 Å². The molecular formula is C17H25N5O2S2. The van der Waals surface area contributed by atoms with Gasteiger partial charge in [0, 0.05) is 30.7 Å². The van der Waals surface area contributed by atoms with Gasteiger partial charge in [0.2, 0.25) is 0 Å². The Morgan fingerprint density at radius 1 is 1.35 bits per heavy atom. The molecule has 1 aliphatic rings. The Morgan fingerprint density at radius 3 is 2.77 bits per heavy atom. The minimum atomic E-state index is -3.47. The summed E-state index contributed by atoms with van der Waals surface area (Å²) >= 11 is 1.56. The molecule has 1 atom stereocenters. The van der Waals surface area contributed by atoms with Crippen LogP contribution in [0.15, 0.2) is 24.4 Å². The Balaban J connectivity index is 1.84. The van der Waals surface area contributed by atoms with Crippen LogP contribution in [0.5, 0.6) is 0 Å². The number of pyridine rings is 1. The molecule has 0 bridgehead atoms. The maximum atomic E-state index is 13.0. The number of nitrogens with zero attached hydrogens (tertiary/aromatic N) is 4. The van der Waals surface area contributed by atoms with Crippen LogP contribution in [-0.2, 0) is 10.2 Å². The van der Waals surface area contributed by atoms with Gasteiger partial charge in [0.1, 0.15) is 5.82 Å². The van der Waals surface area contributed by atoms with Crippen LogP contribution in [-0.4, -0.2) is 46.6 Å². The lowest BCUT2D eigenvalue weighted by Crippen LogP contribution is -2.43. The summed E-state index contributed by atoms with van der Waals surface area (Å²) < 4.78 is 29.0. The molecule has 3 heterocycles. The molecule has 0 amide bonds. The smallest absolute Gasteiger partial charge is 0.282 e. The van der Waals surface area contributed by atoms with E-state index in [-0.39, 0.29) is 6.04 Å². The monoisotopic (exact) mass is 395 g/mol. The molecule has 0 saturated carbocycles. The summed E-state index contributed by atoms with van der Waals surface area (Å²) in [6.07, 6.45) is 3.44. The van der Waals surface area contributed by atoms with E-state index in [0.717, 1.165) is 28.5 Å². The van der Waals surface area contributed by atoms with Crippen molar-refractivity contribution in [3.8, 4) is 0 Å². The van der Waals surface area contributed by atoms with Crippen LogP contribution in [0.25, 0.3) is 0 Å². The van der Waals surface area contributed by atoms with Gasteiger partial charge >= 0.3 is 0 Å². The highest BCUT2D eigenvalue weighted by Gasteiger charge is 2.38. The standard InChI is InChI=1S/C17H25N5O2S2/c1-4-21(5-2)26(23,24)22-11-7-9-15(22)14-8-6-10-16(19-14)20-17-18-12-13(3)25-17/h6,8,10,12,15H,4-5,7,9,11H2,1-3H3,(H,18,19,20)/t15-/m0/s1. The molecule has 0 radical (unpaired) electrons. The van der Waals surface area contributed by atoms with Gasteiger partial charge in [-0.05, 0) is 31.9 Å². The fraction of sp³-hybridized carbons (Fsp3) is 0.529. The van der Waals surface area contributed by atoms with E-state index in [1.165, 1.54) is 4.31 Å². The largest absolute Gasteiger partial charge is 0.316 e. The van der Waals surface area contributed by atoms with Gasteiger partial charge in [0.05, 0.1) is 11.7 Å². The molecule has 1 saturated heterocycles. The van der Waals surface area contributed by atoms with Gasteiger partial charge in [-0.15, -0.1) is 11.3 Å². The Bertz CT molecular complexity index is 848. The average molecular weight is 396 g/mol. The molecule has 0 aliphatic carbocycles. The summed E-state index contributed by atoms with van der Waals surface area (Å²) in [6, 6.07) is 5.46. The number of anilines is 2. The topological polar surface area (TPSA) is 78.4 Å².